The van der Waals surface area contributed by atoms with Crippen LogP contribution in [0.2, 0.25) is 0 Å². The normalized spacial score (nSPS) is 12.8. The van der Waals surface area contributed by atoms with E-state index >= 15 is 0 Å². The van der Waals surface area contributed by atoms with E-state index in [2.05, 4.69) is 9.97 Å². The van der Waals surface area contributed by atoms with Gasteiger partial charge in [0.15, 0.2) is 0 Å². The van der Waals surface area contributed by atoms with E-state index in [0.717, 1.165) is 23.9 Å². The first-order valence-electron chi connectivity index (χ1n) is 8.19. The highest BCUT2D eigenvalue weighted by Crippen LogP contribution is 2.36. The first-order chi connectivity index (χ1) is 11.8. The maximum atomic E-state index is 13.2. The zero-order valence-corrected chi connectivity index (χ0v) is 14.8. The van der Waals surface area contributed by atoms with E-state index in [-0.39, 0.29) is 12.1 Å². The molecule has 0 N–H and O–H groups in total. The van der Waals surface area contributed by atoms with Gasteiger partial charge >= 0.3 is 6.18 Å². The lowest BCUT2D eigenvalue weighted by molar-refractivity contribution is -0.139. The van der Waals surface area contributed by atoms with E-state index in [1.54, 1.807) is 18.9 Å². The molecule has 0 aliphatic rings. The summed E-state index contributed by atoms with van der Waals surface area (Å²) in [4.78, 5) is 9.56. The van der Waals surface area contributed by atoms with E-state index in [0.29, 0.717) is 6.42 Å². The number of ether oxygens (including phenoxy) is 1. The van der Waals surface area contributed by atoms with Crippen molar-refractivity contribution >= 4 is 11.6 Å². The fraction of sp³-hybridized carbons (Fsp3) is 0.444. The quantitative estimate of drug-likeness (QED) is 0.732. The van der Waals surface area contributed by atoms with Gasteiger partial charge in [0.25, 0.3) is 0 Å². The summed E-state index contributed by atoms with van der Waals surface area (Å²) in [5, 5.41) is 0. The zero-order valence-electron chi connectivity index (χ0n) is 14.8. The summed E-state index contributed by atoms with van der Waals surface area (Å²) in [6, 6.07) is 7.69. The van der Waals surface area contributed by atoms with Crippen LogP contribution in [0.3, 0.4) is 0 Å². The molecule has 1 unspecified atom stereocenters. The number of anilines is 2. The SMILES string of the molecule is CCc1cccc(N(C)c2ncc(C(F)(F)F)c(OC(C)CC)n2)c1. The van der Waals surface area contributed by atoms with E-state index < -0.39 is 17.6 Å². The molecule has 1 aromatic carbocycles. The smallest absolute Gasteiger partial charge is 0.423 e. The monoisotopic (exact) mass is 353 g/mol. The number of aryl methyl sites for hydroxylation is 1. The van der Waals surface area contributed by atoms with Crippen molar-refractivity contribution in [1.29, 1.82) is 0 Å². The van der Waals surface area contributed by atoms with Gasteiger partial charge in [-0.05, 0) is 37.5 Å². The molecule has 0 spiro atoms. The topological polar surface area (TPSA) is 38.2 Å². The maximum Gasteiger partial charge on any atom is 0.423 e. The highest BCUT2D eigenvalue weighted by Gasteiger charge is 2.37. The Morgan fingerprint density at radius 2 is 1.96 bits per heavy atom. The molecule has 0 fully saturated rings. The lowest BCUT2D eigenvalue weighted by Crippen LogP contribution is -2.20. The first kappa shape index (κ1) is 19.0. The summed E-state index contributed by atoms with van der Waals surface area (Å²) >= 11 is 0. The van der Waals surface area contributed by atoms with Crippen molar-refractivity contribution in [2.75, 3.05) is 11.9 Å². The van der Waals surface area contributed by atoms with Gasteiger partial charge in [0.2, 0.25) is 11.8 Å². The van der Waals surface area contributed by atoms with Gasteiger partial charge in [-0.2, -0.15) is 18.2 Å². The van der Waals surface area contributed by atoms with Crippen molar-refractivity contribution in [3.63, 3.8) is 0 Å². The van der Waals surface area contributed by atoms with Crippen LogP contribution >= 0.6 is 0 Å². The summed E-state index contributed by atoms with van der Waals surface area (Å²) in [5.41, 5.74) is 0.952. The molecule has 0 radical (unpaired) electrons. The van der Waals surface area contributed by atoms with E-state index in [1.165, 1.54) is 0 Å². The zero-order chi connectivity index (χ0) is 18.6. The van der Waals surface area contributed by atoms with Crippen LogP contribution in [0.4, 0.5) is 24.8 Å². The molecule has 1 atom stereocenters. The Hall–Kier alpha value is -2.31. The standard InChI is InChI=1S/C18H22F3N3O/c1-5-12(3)25-16-15(18(19,20)21)11-22-17(23-16)24(4)14-9-7-8-13(6-2)10-14/h7-12H,5-6H2,1-4H3. The second kappa shape index (κ2) is 7.72. The Morgan fingerprint density at radius 3 is 2.56 bits per heavy atom. The molecule has 0 amide bonds. The van der Waals surface area contributed by atoms with Crippen molar-refractivity contribution in [3.8, 4) is 5.88 Å². The molecule has 136 valence electrons. The van der Waals surface area contributed by atoms with E-state index in [9.17, 15) is 13.2 Å². The number of rotatable bonds is 6. The molecular formula is C18H22F3N3O. The summed E-state index contributed by atoms with van der Waals surface area (Å²) < 4.78 is 44.9. The largest absolute Gasteiger partial charge is 0.474 e. The molecule has 0 saturated heterocycles. The van der Waals surface area contributed by atoms with Crippen LogP contribution in [0.25, 0.3) is 0 Å². The molecule has 0 saturated carbocycles. The third-order valence-corrected chi connectivity index (χ3v) is 3.94. The fourth-order valence-corrected chi connectivity index (χ4v) is 2.18. The summed E-state index contributed by atoms with van der Waals surface area (Å²) in [6.07, 6.45) is -2.73. The number of benzene rings is 1. The highest BCUT2D eigenvalue weighted by molar-refractivity contribution is 5.58. The van der Waals surface area contributed by atoms with Gasteiger partial charge in [0.1, 0.15) is 5.56 Å². The van der Waals surface area contributed by atoms with Gasteiger partial charge < -0.3 is 9.64 Å². The van der Waals surface area contributed by atoms with Crippen LogP contribution in [-0.4, -0.2) is 23.1 Å². The van der Waals surface area contributed by atoms with E-state index in [1.807, 2.05) is 38.1 Å². The van der Waals surface area contributed by atoms with Gasteiger partial charge in [0.05, 0.1) is 6.10 Å². The summed E-state index contributed by atoms with van der Waals surface area (Å²) in [7, 11) is 1.71. The lowest BCUT2D eigenvalue weighted by atomic mass is 10.1. The van der Waals surface area contributed by atoms with Crippen molar-refractivity contribution in [2.45, 2.75) is 45.9 Å². The second-order valence-electron chi connectivity index (χ2n) is 5.81. The van der Waals surface area contributed by atoms with Crippen molar-refractivity contribution in [2.24, 2.45) is 0 Å². The first-order valence-corrected chi connectivity index (χ1v) is 8.19. The third kappa shape index (κ3) is 4.61. The number of hydrogen-bond acceptors (Lipinski definition) is 4. The Morgan fingerprint density at radius 1 is 1.24 bits per heavy atom. The molecule has 4 nitrogen and oxygen atoms in total. The van der Waals surface area contributed by atoms with Crippen LogP contribution < -0.4 is 9.64 Å². The fourth-order valence-electron chi connectivity index (χ4n) is 2.18. The summed E-state index contributed by atoms with van der Waals surface area (Å²) in [5.74, 6) is -0.287. The molecule has 25 heavy (non-hydrogen) atoms. The number of nitrogens with zero attached hydrogens (tertiary/aromatic N) is 3. The number of halogens is 3. The second-order valence-corrected chi connectivity index (χ2v) is 5.81. The molecule has 2 aromatic rings. The van der Waals surface area contributed by atoms with Crippen molar-refractivity contribution < 1.29 is 17.9 Å². The molecule has 0 aliphatic heterocycles. The van der Waals surface area contributed by atoms with Gasteiger partial charge in [0, 0.05) is 18.9 Å². The average Bonchev–Trinajstić information content (AvgIpc) is 2.60. The minimum absolute atomic E-state index is 0.152. The Labute approximate surface area is 145 Å². The Kier molecular flexibility index (Phi) is 5.87. The van der Waals surface area contributed by atoms with Crippen LogP contribution in [-0.2, 0) is 12.6 Å². The Bertz CT molecular complexity index is 719. The van der Waals surface area contributed by atoms with Gasteiger partial charge in [-0.3, -0.25) is 0 Å². The highest BCUT2D eigenvalue weighted by atomic mass is 19.4. The van der Waals surface area contributed by atoms with Crippen LogP contribution in [0.5, 0.6) is 5.88 Å². The Balaban J connectivity index is 2.42. The van der Waals surface area contributed by atoms with Crippen LogP contribution in [0, 0.1) is 0 Å². The minimum atomic E-state index is -4.57. The summed E-state index contributed by atoms with van der Waals surface area (Å²) in [6.45, 7) is 5.57. The van der Waals surface area contributed by atoms with Crippen molar-refractivity contribution in [1.82, 2.24) is 9.97 Å². The molecule has 7 heteroatoms. The van der Waals surface area contributed by atoms with Crippen molar-refractivity contribution in [3.05, 3.63) is 41.6 Å². The molecule has 1 heterocycles. The van der Waals surface area contributed by atoms with Crippen LogP contribution in [0.15, 0.2) is 30.5 Å². The molecule has 2 rings (SSSR count). The van der Waals surface area contributed by atoms with Gasteiger partial charge in [-0.1, -0.05) is 26.0 Å². The molecule has 0 aliphatic carbocycles. The number of hydrogen-bond donors (Lipinski definition) is 0. The molecule has 0 bridgehead atoms. The molecule has 1 aromatic heterocycles. The average molecular weight is 353 g/mol. The lowest BCUT2D eigenvalue weighted by Gasteiger charge is -2.21. The number of alkyl halides is 3. The minimum Gasteiger partial charge on any atom is -0.474 e. The molecular weight excluding hydrogens is 331 g/mol. The third-order valence-electron chi connectivity index (χ3n) is 3.94. The number of aromatic nitrogens is 2. The van der Waals surface area contributed by atoms with Crippen LogP contribution in [0.1, 0.15) is 38.3 Å². The van der Waals surface area contributed by atoms with Gasteiger partial charge in [-0.15, -0.1) is 0 Å². The predicted molar refractivity (Wildman–Crippen MR) is 91.3 cm³/mol. The predicted octanol–water partition coefficient (Wildman–Crippen LogP) is 5.00. The van der Waals surface area contributed by atoms with Gasteiger partial charge in [-0.25, -0.2) is 4.98 Å². The maximum absolute atomic E-state index is 13.2. The van der Waals surface area contributed by atoms with E-state index in [4.69, 9.17) is 4.74 Å².